The Hall–Kier alpha value is -1.70. The Morgan fingerprint density at radius 2 is 1.76 bits per heavy atom. The van der Waals surface area contributed by atoms with Crippen molar-refractivity contribution < 1.29 is 22.0 Å². The first-order chi connectivity index (χ1) is 11.7. The zero-order valence-corrected chi connectivity index (χ0v) is 15.3. The lowest BCUT2D eigenvalue weighted by Gasteiger charge is -2.29. The maximum atomic E-state index is 13.5. The number of nitrogens with one attached hydrogen (secondary N) is 1. The summed E-state index contributed by atoms with van der Waals surface area (Å²) in [5.41, 5.74) is -0.0788. The van der Waals surface area contributed by atoms with E-state index in [1.54, 1.807) is 0 Å². The minimum atomic E-state index is -3.86. The third-order valence-electron chi connectivity index (χ3n) is 4.45. The molecule has 1 saturated carbocycles. The molecule has 1 fully saturated rings. The molecule has 1 aromatic rings. The van der Waals surface area contributed by atoms with E-state index in [-0.39, 0.29) is 11.7 Å². The summed E-state index contributed by atoms with van der Waals surface area (Å²) in [6, 6.07) is 1.73. The zero-order valence-electron chi connectivity index (χ0n) is 14.5. The molecule has 0 saturated heterocycles. The van der Waals surface area contributed by atoms with Crippen LogP contribution in [0, 0.1) is 11.6 Å². The molecule has 0 heterocycles. The van der Waals surface area contributed by atoms with E-state index < -0.39 is 33.6 Å². The summed E-state index contributed by atoms with van der Waals surface area (Å²) in [7, 11) is -3.86. The van der Waals surface area contributed by atoms with Crippen molar-refractivity contribution in [3.8, 4) is 0 Å². The minimum Gasteiger partial charge on any atom is -0.352 e. The Morgan fingerprint density at radius 3 is 2.28 bits per heavy atom. The van der Waals surface area contributed by atoms with Gasteiger partial charge < -0.3 is 5.32 Å². The minimum absolute atomic E-state index is 0.0174. The standard InChI is InChI=1S/C17H24F2N2O3S/c1-12(17(22)20-13-7-5-3-4-6-8-13)21(25(2,23)24)14-9-10-15(18)16(19)11-14/h9-13H,3-8H2,1-2H3,(H,20,22). The zero-order chi connectivity index (χ0) is 18.6. The summed E-state index contributed by atoms with van der Waals surface area (Å²) in [6.07, 6.45) is 6.98. The molecule has 1 aromatic carbocycles. The van der Waals surface area contributed by atoms with Gasteiger partial charge in [-0.15, -0.1) is 0 Å². The molecule has 1 N–H and O–H groups in total. The van der Waals surface area contributed by atoms with E-state index in [4.69, 9.17) is 0 Å². The van der Waals surface area contributed by atoms with E-state index in [1.165, 1.54) is 6.92 Å². The molecule has 0 aromatic heterocycles. The number of anilines is 1. The second kappa shape index (κ2) is 8.12. The fraction of sp³-hybridized carbons (Fsp3) is 0.588. The first-order valence-electron chi connectivity index (χ1n) is 8.45. The van der Waals surface area contributed by atoms with Crippen LogP contribution >= 0.6 is 0 Å². The summed E-state index contributed by atoms with van der Waals surface area (Å²) in [4.78, 5) is 12.6. The monoisotopic (exact) mass is 374 g/mol. The number of rotatable bonds is 5. The molecule has 140 valence electrons. The second-order valence-corrected chi connectivity index (χ2v) is 8.39. The van der Waals surface area contributed by atoms with Crippen LogP contribution in [0.4, 0.5) is 14.5 Å². The summed E-state index contributed by atoms with van der Waals surface area (Å²) in [6.45, 7) is 1.44. The lowest BCUT2D eigenvalue weighted by molar-refractivity contribution is -0.122. The van der Waals surface area contributed by atoms with E-state index >= 15 is 0 Å². The lowest BCUT2D eigenvalue weighted by Crippen LogP contribution is -2.50. The Labute approximate surface area is 147 Å². The molecule has 8 heteroatoms. The van der Waals surface area contributed by atoms with Gasteiger partial charge in [-0.05, 0) is 31.9 Å². The van der Waals surface area contributed by atoms with Crippen molar-refractivity contribution in [1.82, 2.24) is 5.32 Å². The summed E-state index contributed by atoms with van der Waals surface area (Å²) >= 11 is 0. The van der Waals surface area contributed by atoms with E-state index in [0.717, 1.165) is 67.3 Å². The van der Waals surface area contributed by atoms with Crippen LogP contribution in [0.3, 0.4) is 0 Å². The average molecular weight is 374 g/mol. The molecular weight excluding hydrogens is 350 g/mol. The van der Waals surface area contributed by atoms with Gasteiger partial charge in [0.1, 0.15) is 6.04 Å². The van der Waals surface area contributed by atoms with Crippen LogP contribution in [0.15, 0.2) is 18.2 Å². The number of hydrogen-bond acceptors (Lipinski definition) is 3. The van der Waals surface area contributed by atoms with Crippen LogP contribution < -0.4 is 9.62 Å². The quantitative estimate of drug-likeness (QED) is 0.806. The highest BCUT2D eigenvalue weighted by atomic mass is 32.2. The summed E-state index contributed by atoms with van der Waals surface area (Å²) in [5.74, 6) is -2.68. The van der Waals surface area contributed by atoms with Crippen LogP contribution in [0.2, 0.25) is 0 Å². The number of amides is 1. The van der Waals surface area contributed by atoms with Gasteiger partial charge in [0.2, 0.25) is 15.9 Å². The van der Waals surface area contributed by atoms with Gasteiger partial charge in [-0.25, -0.2) is 17.2 Å². The Morgan fingerprint density at radius 1 is 1.16 bits per heavy atom. The maximum Gasteiger partial charge on any atom is 0.243 e. The van der Waals surface area contributed by atoms with Crippen molar-refractivity contribution in [2.75, 3.05) is 10.6 Å². The summed E-state index contributed by atoms with van der Waals surface area (Å²) in [5, 5.41) is 2.89. The number of hydrogen-bond donors (Lipinski definition) is 1. The summed E-state index contributed by atoms with van der Waals surface area (Å²) < 4.78 is 51.8. The van der Waals surface area contributed by atoms with Crippen molar-refractivity contribution in [2.45, 2.75) is 57.5 Å². The van der Waals surface area contributed by atoms with E-state index in [1.807, 2.05) is 0 Å². The molecule has 0 spiro atoms. The Kier molecular flexibility index (Phi) is 6.37. The Bertz CT molecular complexity index is 717. The predicted molar refractivity (Wildman–Crippen MR) is 92.8 cm³/mol. The molecule has 2 rings (SSSR count). The lowest BCUT2D eigenvalue weighted by atomic mass is 10.1. The van der Waals surface area contributed by atoms with Crippen LogP contribution in [0.5, 0.6) is 0 Å². The first kappa shape index (κ1) is 19.6. The van der Waals surface area contributed by atoms with E-state index in [2.05, 4.69) is 5.32 Å². The number of carbonyl (C=O) groups excluding carboxylic acids is 1. The number of halogens is 2. The molecule has 0 bridgehead atoms. The highest BCUT2D eigenvalue weighted by molar-refractivity contribution is 7.92. The normalized spacial score (nSPS) is 17.6. The third kappa shape index (κ3) is 5.14. The second-order valence-electron chi connectivity index (χ2n) is 6.53. The third-order valence-corrected chi connectivity index (χ3v) is 5.69. The smallest absolute Gasteiger partial charge is 0.243 e. The van der Waals surface area contributed by atoms with Gasteiger partial charge in [0, 0.05) is 12.1 Å². The first-order valence-corrected chi connectivity index (χ1v) is 10.3. The number of sulfonamides is 1. The van der Waals surface area contributed by atoms with Crippen molar-refractivity contribution in [1.29, 1.82) is 0 Å². The molecule has 0 radical (unpaired) electrons. The highest BCUT2D eigenvalue weighted by Crippen LogP contribution is 2.24. The van der Waals surface area contributed by atoms with Crippen molar-refractivity contribution in [3.63, 3.8) is 0 Å². The van der Waals surface area contributed by atoms with Crippen LogP contribution in [-0.2, 0) is 14.8 Å². The van der Waals surface area contributed by atoms with Crippen molar-refractivity contribution in [2.24, 2.45) is 0 Å². The average Bonchev–Trinajstić information content (AvgIpc) is 2.78. The predicted octanol–water partition coefficient (Wildman–Crippen LogP) is 2.96. The topological polar surface area (TPSA) is 66.5 Å². The molecule has 5 nitrogen and oxygen atoms in total. The van der Waals surface area contributed by atoms with E-state index in [0.29, 0.717) is 0 Å². The van der Waals surface area contributed by atoms with Gasteiger partial charge in [-0.3, -0.25) is 9.10 Å². The maximum absolute atomic E-state index is 13.5. The van der Waals surface area contributed by atoms with Gasteiger partial charge in [0.15, 0.2) is 11.6 Å². The fourth-order valence-corrected chi connectivity index (χ4v) is 4.34. The van der Waals surface area contributed by atoms with Gasteiger partial charge in [0.25, 0.3) is 0 Å². The number of carbonyl (C=O) groups is 1. The SMILES string of the molecule is CC(C(=O)NC1CCCCCC1)N(c1ccc(F)c(F)c1)S(C)(=O)=O. The van der Waals surface area contributed by atoms with Crippen LogP contribution in [0.25, 0.3) is 0 Å². The van der Waals surface area contributed by atoms with Crippen molar-refractivity contribution in [3.05, 3.63) is 29.8 Å². The fourth-order valence-electron chi connectivity index (χ4n) is 3.18. The highest BCUT2D eigenvalue weighted by Gasteiger charge is 2.30. The Balaban J connectivity index is 2.21. The molecule has 1 atom stereocenters. The van der Waals surface area contributed by atoms with Gasteiger partial charge in [-0.2, -0.15) is 0 Å². The van der Waals surface area contributed by atoms with E-state index in [9.17, 15) is 22.0 Å². The van der Waals surface area contributed by atoms with Crippen LogP contribution in [-0.4, -0.2) is 32.7 Å². The number of nitrogens with zero attached hydrogens (tertiary/aromatic N) is 1. The van der Waals surface area contributed by atoms with Gasteiger partial charge in [0.05, 0.1) is 11.9 Å². The molecule has 25 heavy (non-hydrogen) atoms. The number of benzene rings is 1. The van der Waals surface area contributed by atoms with Crippen LogP contribution in [0.1, 0.15) is 45.4 Å². The molecule has 1 aliphatic rings. The van der Waals surface area contributed by atoms with Gasteiger partial charge in [-0.1, -0.05) is 25.7 Å². The molecular formula is C17H24F2N2O3S. The van der Waals surface area contributed by atoms with Gasteiger partial charge >= 0.3 is 0 Å². The van der Waals surface area contributed by atoms with Crippen molar-refractivity contribution >= 4 is 21.6 Å². The molecule has 1 amide bonds. The largest absolute Gasteiger partial charge is 0.352 e. The molecule has 0 aliphatic heterocycles. The molecule has 1 unspecified atom stereocenters. The molecule has 1 aliphatic carbocycles.